The van der Waals surface area contributed by atoms with Crippen molar-refractivity contribution < 1.29 is 4.74 Å². The maximum atomic E-state index is 6.67. The van der Waals surface area contributed by atoms with Crippen LogP contribution in [-0.2, 0) is 10.8 Å². The smallest absolute Gasteiger partial charge is 0.132 e. The number of hydrogen-bond donors (Lipinski definition) is 0. The maximum Gasteiger partial charge on any atom is 0.132 e. The molecule has 0 saturated carbocycles. The molecule has 0 radical (unpaired) electrons. The van der Waals surface area contributed by atoms with Crippen LogP contribution in [0.15, 0.2) is 158 Å². The Hall–Kier alpha value is -5.66. The first kappa shape index (κ1) is 26.5. The fourth-order valence-electron chi connectivity index (χ4n) is 8.80. The van der Waals surface area contributed by atoms with Gasteiger partial charge in [0.15, 0.2) is 0 Å². The average molecular weight is 601 g/mol. The normalized spacial score (nSPS) is 15.1. The quantitative estimate of drug-likeness (QED) is 0.192. The molecule has 0 unspecified atom stereocenters. The Balaban J connectivity index is 1.14. The van der Waals surface area contributed by atoms with Gasteiger partial charge in [-0.2, -0.15) is 0 Å². The summed E-state index contributed by atoms with van der Waals surface area (Å²) in [6, 6.07) is 58.0. The molecular weight excluding hydrogens is 569 g/mol. The first-order valence-electron chi connectivity index (χ1n) is 16.5. The topological polar surface area (TPSA) is 9.23 Å². The van der Waals surface area contributed by atoms with E-state index >= 15 is 0 Å². The van der Waals surface area contributed by atoms with E-state index in [4.69, 9.17) is 4.74 Å². The molecule has 1 heterocycles. The van der Waals surface area contributed by atoms with Gasteiger partial charge in [0.05, 0.1) is 5.41 Å². The highest BCUT2D eigenvalue weighted by Crippen LogP contribution is 2.62. The predicted octanol–water partition coefficient (Wildman–Crippen LogP) is 11.8. The van der Waals surface area contributed by atoms with Crippen molar-refractivity contribution in [3.05, 3.63) is 191 Å². The fraction of sp³-hybridized carbons (Fsp3) is 0.0870. The van der Waals surface area contributed by atoms with Gasteiger partial charge in [0.2, 0.25) is 0 Å². The van der Waals surface area contributed by atoms with Crippen molar-refractivity contribution in [3.8, 4) is 56.0 Å². The van der Waals surface area contributed by atoms with Gasteiger partial charge >= 0.3 is 0 Å². The van der Waals surface area contributed by atoms with Gasteiger partial charge in [-0.25, -0.2) is 0 Å². The monoisotopic (exact) mass is 600 g/mol. The van der Waals surface area contributed by atoms with Gasteiger partial charge in [-0.3, -0.25) is 0 Å². The van der Waals surface area contributed by atoms with E-state index in [1.807, 2.05) is 0 Å². The lowest BCUT2D eigenvalue weighted by atomic mass is 9.66. The second-order valence-corrected chi connectivity index (χ2v) is 13.7. The molecule has 0 fully saturated rings. The Labute approximate surface area is 275 Å². The van der Waals surface area contributed by atoms with E-state index in [1.165, 1.54) is 77.9 Å². The number of fused-ring (bicyclic) bond motifs is 12. The summed E-state index contributed by atoms with van der Waals surface area (Å²) in [4.78, 5) is 0. The Morgan fingerprint density at radius 1 is 0.340 bits per heavy atom. The predicted molar refractivity (Wildman–Crippen MR) is 192 cm³/mol. The maximum absolute atomic E-state index is 6.67. The molecule has 10 rings (SSSR count). The molecule has 0 bridgehead atoms. The van der Waals surface area contributed by atoms with Crippen LogP contribution in [-0.4, -0.2) is 0 Å². The molecule has 1 heteroatoms. The minimum atomic E-state index is -0.467. The lowest BCUT2D eigenvalue weighted by Gasteiger charge is -2.39. The van der Waals surface area contributed by atoms with E-state index < -0.39 is 5.41 Å². The van der Waals surface area contributed by atoms with E-state index in [1.54, 1.807) is 0 Å². The van der Waals surface area contributed by atoms with Crippen LogP contribution in [0.3, 0.4) is 0 Å². The van der Waals surface area contributed by atoms with Crippen LogP contribution in [0.4, 0.5) is 0 Å². The highest BCUT2D eigenvalue weighted by atomic mass is 16.5. The second-order valence-electron chi connectivity index (χ2n) is 13.7. The molecule has 0 aromatic heterocycles. The van der Waals surface area contributed by atoms with Crippen LogP contribution in [0.25, 0.3) is 44.5 Å². The number of hydrogen-bond acceptors (Lipinski definition) is 1. The summed E-state index contributed by atoms with van der Waals surface area (Å²) in [6.07, 6.45) is 0. The molecular formula is C46H32O. The van der Waals surface area contributed by atoms with Crippen molar-refractivity contribution >= 4 is 0 Å². The molecule has 1 aliphatic heterocycles. The van der Waals surface area contributed by atoms with Crippen LogP contribution in [0.5, 0.6) is 11.5 Å². The zero-order chi connectivity index (χ0) is 31.3. The van der Waals surface area contributed by atoms with Gasteiger partial charge < -0.3 is 4.74 Å². The Morgan fingerprint density at radius 2 is 0.809 bits per heavy atom. The lowest BCUT2D eigenvalue weighted by molar-refractivity contribution is 0.436. The minimum Gasteiger partial charge on any atom is -0.457 e. The summed E-state index contributed by atoms with van der Waals surface area (Å²) >= 11 is 0. The number of para-hydroxylation sites is 1. The first-order valence-corrected chi connectivity index (χ1v) is 16.5. The summed E-state index contributed by atoms with van der Waals surface area (Å²) in [5.41, 5.74) is 17.4. The molecule has 7 aromatic rings. The van der Waals surface area contributed by atoms with Crippen molar-refractivity contribution in [2.75, 3.05) is 0 Å². The van der Waals surface area contributed by atoms with Crippen molar-refractivity contribution in [3.63, 3.8) is 0 Å². The molecule has 1 spiro atoms. The van der Waals surface area contributed by atoms with Crippen molar-refractivity contribution in [2.45, 2.75) is 24.7 Å². The van der Waals surface area contributed by atoms with Crippen LogP contribution >= 0.6 is 0 Å². The van der Waals surface area contributed by atoms with Gasteiger partial charge in [-0.05, 0) is 97.1 Å². The zero-order valence-corrected chi connectivity index (χ0v) is 26.4. The fourth-order valence-corrected chi connectivity index (χ4v) is 8.80. The molecule has 7 aromatic carbocycles. The van der Waals surface area contributed by atoms with Gasteiger partial charge in [0.25, 0.3) is 0 Å². The number of benzene rings is 7. The van der Waals surface area contributed by atoms with E-state index in [-0.39, 0.29) is 5.41 Å². The lowest BCUT2D eigenvalue weighted by Crippen LogP contribution is -2.32. The molecule has 0 saturated heterocycles. The average Bonchev–Trinajstić information content (AvgIpc) is 3.54. The summed E-state index contributed by atoms with van der Waals surface area (Å²) in [5.74, 6) is 1.83. The van der Waals surface area contributed by atoms with Gasteiger partial charge in [-0.1, -0.05) is 141 Å². The van der Waals surface area contributed by atoms with Gasteiger partial charge in [-0.15, -0.1) is 0 Å². The van der Waals surface area contributed by atoms with Crippen molar-refractivity contribution in [2.24, 2.45) is 0 Å². The third-order valence-electron chi connectivity index (χ3n) is 11.0. The molecule has 3 aliphatic rings. The van der Waals surface area contributed by atoms with Crippen LogP contribution in [0.1, 0.15) is 47.2 Å². The third-order valence-corrected chi connectivity index (χ3v) is 11.0. The molecule has 222 valence electrons. The van der Waals surface area contributed by atoms with Crippen molar-refractivity contribution in [1.82, 2.24) is 0 Å². The Bertz CT molecular complexity index is 2380. The highest BCUT2D eigenvalue weighted by molar-refractivity contribution is 5.90. The van der Waals surface area contributed by atoms with Gasteiger partial charge in [0, 0.05) is 16.5 Å². The summed E-state index contributed by atoms with van der Waals surface area (Å²) in [7, 11) is 0. The first-order chi connectivity index (χ1) is 23.0. The number of ether oxygens (including phenoxy) is 1. The highest BCUT2D eigenvalue weighted by Gasteiger charge is 2.51. The molecule has 1 nitrogen and oxygen atoms in total. The third kappa shape index (κ3) is 3.49. The molecule has 0 atom stereocenters. The minimum absolute atomic E-state index is 0.0312. The largest absolute Gasteiger partial charge is 0.457 e. The van der Waals surface area contributed by atoms with E-state index in [9.17, 15) is 0 Å². The zero-order valence-electron chi connectivity index (χ0n) is 26.4. The summed E-state index contributed by atoms with van der Waals surface area (Å²) in [6.45, 7) is 4.70. The number of rotatable bonds is 2. The van der Waals surface area contributed by atoms with Crippen LogP contribution in [0, 0.1) is 0 Å². The van der Waals surface area contributed by atoms with Crippen LogP contribution < -0.4 is 4.74 Å². The van der Waals surface area contributed by atoms with E-state index in [0.717, 1.165) is 11.5 Å². The molecule has 0 amide bonds. The second kappa shape index (κ2) is 9.44. The van der Waals surface area contributed by atoms with Gasteiger partial charge in [0.1, 0.15) is 11.5 Å². The van der Waals surface area contributed by atoms with Crippen molar-refractivity contribution in [1.29, 1.82) is 0 Å². The molecule has 2 aliphatic carbocycles. The summed E-state index contributed by atoms with van der Waals surface area (Å²) in [5, 5.41) is 0. The standard InChI is InChI=1S/C46H32O/c1-45(2)37-17-6-3-14-33(37)36-24-22-31(27-41(36)45)29-12-11-13-30(26-29)32-23-25-44-42(28-32)46(40-20-9-10-21-43(40)47-44)38-18-7-4-15-34(38)35-16-5-8-19-39(35)46/h3-28H,1-2H3. The SMILES string of the molecule is CC1(C)c2ccccc2-c2ccc(-c3cccc(-c4ccc5c(c4)C4(c6ccccc6O5)c5ccccc5-c5ccccc54)c3)cc21. The Kier molecular flexibility index (Phi) is 5.33. The Morgan fingerprint density at radius 3 is 1.49 bits per heavy atom. The van der Waals surface area contributed by atoms with Crippen LogP contribution in [0.2, 0.25) is 0 Å². The summed E-state index contributed by atoms with van der Waals surface area (Å²) < 4.78 is 6.67. The van der Waals surface area contributed by atoms with E-state index in [0.29, 0.717) is 0 Å². The molecule has 0 N–H and O–H groups in total. The molecule has 47 heavy (non-hydrogen) atoms. The van der Waals surface area contributed by atoms with E-state index in [2.05, 4.69) is 172 Å².